The largest absolute Gasteiger partial charge is 0.507 e. The van der Waals surface area contributed by atoms with Crippen LogP contribution in [0.1, 0.15) is 0 Å². The van der Waals surface area contributed by atoms with Crippen molar-refractivity contribution in [1.82, 2.24) is 0 Å². The molecule has 0 unspecified atom stereocenters. The molecule has 0 saturated carbocycles. The Bertz CT molecular complexity index is 1060. The molecule has 128 valence electrons. The molecule has 0 heterocycles. The molecule has 0 radical (unpaired) electrons. The number of ether oxygens (including phenoxy) is 1. The van der Waals surface area contributed by atoms with Gasteiger partial charge in [0.2, 0.25) is 10.0 Å². The van der Waals surface area contributed by atoms with Crippen LogP contribution >= 0.6 is 0 Å². The summed E-state index contributed by atoms with van der Waals surface area (Å²) < 4.78 is 27.6. The highest BCUT2D eigenvalue weighted by Crippen LogP contribution is 2.35. The first-order chi connectivity index (χ1) is 11.9. The van der Waals surface area contributed by atoms with Crippen molar-refractivity contribution in [2.45, 2.75) is 4.90 Å². The molecule has 8 heteroatoms. The smallest absolute Gasteiger partial charge is 0.238 e. The van der Waals surface area contributed by atoms with Gasteiger partial charge in [-0.15, -0.1) is 5.11 Å². The summed E-state index contributed by atoms with van der Waals surface area (Å²) >= 11 is 0. The normalized spacial score (nSPS) is 11.9. The van der Waals surface area contributed by atoms with Gasteiger partial charge >= 0.3 is 0 Å². The van der Waals surface area contributed by atoms with E-state index in [1.807, 2.05) is 0 Å². The van der Waals surface area contributed by atoms with Gasteiger partial charge in [0.05, 0.1) is 23.4 Å². The van der Waals surface area contributed by atoms with Crippen LogP contribution in [0.2, 0.25) is 0 Å². The predicted molar refractivity (Wildman–Crippen MR) is 94.2 cm³/mol. The third kappa shape index (κ3) is 3.59. The van der Waals surface area contributed by atoms with Crippen LogP contribution in [0.15, 0.2) is 69.7 Å². The van der Waals surface area contributed by atoms with E-state index in [1.54, 1.807) is 31.4 Å². The summed E-state index contributed by atoms with van der Waals surface area (Å²) in [7, 11) is -2.19. The van der Waals surface area contributed by atoms with E-state index >= 15 is 0 Å². The molecule has 0 spiro atoms. The van der Waals surface area contributed by atoms with Gasteiger partial charge in [0.1, 0.15) is 11.5 Å². The summed E-state index contributed by atoms with van der Waals surface area (Å²) in [4.78, 5) is 0.00799. The van der Waals surface area contributed by atoms with Crippen LogP contribution in [-0.4, -0.2) is 20.6 Å². The predicted octanol–water partition coefficient (Wildman–Crippen LogP) is 3.62. The Labute approximate surface area is 144 Å². The quantitative estimate of drug-likeness (QED) is 0.694. The van der Waals surface area contributed by atoms with E-state index in [4.69, 9.17) is 9.88 Å². The van der Waals surface area contributed by atoms with Crippen LogP contribution in [0.5, 0.6) is 11.5 Å². The van der Waals surface area contributed by atoms with Crippen LogP contribution in [-0.2, 0) is 10.0 Å². The van der Waals surface area contributed by atoms with E-state index in [0.717, 1.165) is 0 Å². The number of azo groups is 1. The van der Waals surface area contributed by atoms with Gasteiger partial charge in [-0.25, -0.2) is 13.6 Å². The number of phenolic OH excluding ortho intramolecular Hbond substituents is 1. The summed E-state index contributed by atoms with van der Waals surface area (Å²) in [6.07, 6.45) is 0. The van der Waals surface area contributed by atoms with E-state index in [2.05, 4.69) is 10.2 Å². The molecule has 0 bridgehead atoms. The first-order valence-electron chi connectivity index (χ1n) is 7.23. The van der Waals surface area contributed by atoms with Gasteiger partial charge in [0.25, 0.3) is 0 Å². The fourth-order valence-electron chi connectivity index (χ4n) is 2.32. The highest BCUT2D eigenvalue weighted by molar-refractivity contribution is 7.89. The molecule has 25 heavy (non-hydrogen) atoms. The maximum Gasteiger partial charge on any atom is 0.238 e. The summed E-state index contributed by atoms with van der Waals surface area (Å²) in [6.45, 7) is 0. The van der Waals surface area contributed by atoms with Crippen molar-refractivity contribution in [2.75, 3.05) is 7.11 Å². The Hall–Kier alpha value is -2.97. The number of methoxy groups -OCH3 is 1. The van der Waals surface area contributed by atoms with Crippen molar-refractivity contribution >= 4 is 32.2 Å². The molecule has 3 rings (SSSR count). The van der Waals surface area contributed by atoms with Crippen molar-refractivity contribution in [2.24, 2.45) is 15.4 Å². The standard InChI is InChI=1S/C17H15N3O4S/c1-24-12-4-7-14-15(10-12)17(21)9-8-16(14)20-19-11-2-5-13(6-3-11)25(18,22)23/h2-10,21H,1H3,(H2,18,22,23). The molecule has 0 aliphatic rings. The van der Waals surface area contributed by atoms with Crippen molar-refractivity contribution in [3.8, 4) is 11.5 Å². The maximum atomic E-state index is 11.2. The van der Waals surface area contributed by atoms with Gasteiger partial charge in [-0.1, -0.05) is 0 Å². The van der Waals surface area contributed by atoms with Crippen LogP contribution in [0.25, 0.3) is 10.8 Å². The lowest BCUT2D eigenvalue weighted by atomic mass is 10.1. The number of nitrogens with zero attached hydrogens (tertiary/aromatic N) is 2. The van der Waals surface area contributed by atoms with Crippen LogP contribution in [0, 0.1) is 0 Å². The Morgan fingerprint density at radius 1 is 0.960 bits per heavy atom. The second kappa shape index (κ2) is 6.50. The summed E-state index contributed by atoms with van der Waals surface area (Å²) in [6, 6.07) is 14.2. The Kier molecular flexibility index (Phi) is 4.39. The summed E-state index contributed by atoms with van der Waals surface area (Å²) in [5, 5.41) is 24.7. The Morgan fingerprint density at radius 2 is 1.68 bits per heavy atom. The molecule has 0 atom stereocenters. The maximum absolute atomic E-state index is 11.2. The Morgan fingerprint density at radius 3 is 2.32 bits per heavy atom. The molecule has 7 nitrogen and oxygen atoms in total. The molecular weight excluding hydrogens is 342 g/mol. The third-order valence-corrected chi connectivity index (χ3v) is 4.55. The number of hydrogen-bond donors (Lipinski definition) is 2. The van der Waals surface area contributed by atoms with E-state index in [9.17, 15) is 13.5 Å². The first kappa shape index (κ1) is 16.9. The minimum atomic E-state index is -3.74. The van der Waals surface area contributed by atoms with Crippen molar-refractivity contribution in [3.05, 3.63) is 54.6 Å². The van der Waals surface area contributed by atoms with Crippen molar-refractivity contribution in [3.63, 3.8) is 0 Å². The molecular formula is C17H15N3O4S. The highest BCUT2D eigenvalue weighted by atomic mass is 32.2. The number of rotatable bonds is 4. The average Bonchev–Trinajstić information content (AvgIpc) is 2.60. The minimum absolute atomic E-state index is 0.00799. The molecule has 0 aliphatic heterocycles. The highest BCUT2D eigenvalue weighted by Gasteiger charge is 2.08. The van der Waals surface area contributed by atoms with Crippen LogP contribution in [0.4, 0.5) is 11.4 Å². The number of nitrogens with two attached hydrogens (primary N) is 1. The van der Waals surface area contributed by atoms with Gasteiger partial charge in [-0.05, 0) is 54.6 Å². The van der Waals surface area contributed by atoms with E-state index in [-0.39, 0.29) is 10.6 Å². The number of aromatic hydroxyl groups is 1. The van der Waals surface area contributed by atoms with E-state index in [1.165, 1.54) is 30.3 Å². The van der Waals surface area contributed by atoms with Crippen molar-refractivity contribution in [1.29, 1.82) is 0 Å². The molecule has 0 aliphatic carbocycles. The average molecular weight is 357 g/mol. The fourth-order valence-corrected chi connectivity index (χ4v) is 2.84. The number of benzene rings is 3. The molecule has 0 saturated heterocycles. The van der Waals surface area contributed by atoms with E-state index < -0.39 is 10.0 Å². The second-order valence-corrected chi connectivity index (χ2v) is 6.82. The number of sulfonamides is 1. The van der Waals surface area contributed by atoms with Gasteiger partial charge in [0.15, 0.2) is 0 Å². The van der Waals surface area contributed by atoms with Crippen molar-refractivity contribution < 1.29 is 18.3 Å². The molecule has 0 aromatic heterocycles. The molecule has 3 aromatic rings. The monoisotopic (exact) mass is 357 g/mol. The lowest BCUT2D eigenvalue weighted by Crippen LogP contribution is -2.11. The number of fused-ring (bicyclic) bond motifs is 1. The zero-order chi connectivity index (χ0) is 18.0. The molecule has 0 fully saturated rings. The zero-order valence-corrected chi connectivity index (χ0v) is 14.1. The molecule has 3 aromatic carbocycles. The van der Waals surface area contributed by atoms with Crippen LogP contribution in [0.3, 0.4) is 0 Å². The zero-order valence-electron chi connectivity index (χ0n) is 13.2. The van der Waals surface area contributed by atoms with Gasteiger partial charge in [-0.3, -0.25) is 0 Å². The second-order valence-electron chi connectivity index (χ2n) is 5.25. The summed E-state index contributed by atoms with van der Waals surface area (Å²) in [5.41, 5.74) is 1.04. The summed E-state index contributed by atoms with van der Waals surface area (Å²) in [5.74, 6) is 0.737. The fraction of sp³-hybridized carbons (Fsp3) is 0.0588. The van der Waals surface area contributed by atoms with Crippen LogP contribution < -0.4 is 9.88 Å². The lowest BCUT2D eigenvalue weighted by molar-refractivity contribution is 0.415. The number of phenols is 1. The SMILES string of the molecule is COc1ccc2c(N=Nc3ccc(S(N)(=O)=O)cc3)ccc(O)c2c1. The minimum Gasteiger partial charge on any atom is -0.507 e. The van der Waals surface area contributed by atoms with Gasteiger partial charge in [0, 0.05) is 10.8 Å². The third-order valence-electron chi connectivity index (χ3n) is 3.62. The lowest BCUT2D eigenvalue weighted by Gasteiger charge is -2.06. The van der Waals surface area contributed by atoms with Gasteiger partial charge < -0.3 is 9.84 Å². The van der Waals surface area contributed by atoms with E-state index in [0.29, 0.717) is 27.9 Å². The first-order valence-corrected chi connectivity index (χ1v) is 8.77. The number of primary sulfonamides is 1. The molecule has 0 amide bonds. The van der Waals surface area contributed by atoms with Gasteiger partial charge in [-0.2, -0.15) is 5.11 Å². The Balaban J connectivity index is 1.97. The molecule has 3 N–H and O–H groups in total. The number of hydrogen-bond acceptors (Lipinski definition) is 6. The topological polar surface area (TPSA) is 114 Å².